The highest BCUT2D eigenvalue weighted by Crippen LogP contribution is 2.21. The van der Waals surface area contributed by atoms with Gasteiger partial charge in [0.2, 0.25) is 0 Å². The van der Waals surface area contributed by atoms with E-state index in [0.29, 0.717) is 4.47 Å². The molecule has 1 aromatic carbocycles. The molecule has 19 heavy (non-hydrogen) atoms. The van der Waals surface area contributed by atoms with Crippen LogP contribution in [-0.4, -0.2) is 16.3 Å². The quantitative estimate of drug-likeness (QED) is 0.914. The van der Waals surface area contributed by atoms with Crippen molar-refractivity contribution >= 4 is 15.9 Å². The predicted octanol–water partition coefficient (Wildman–Crippen LogP) is 3.22. The normalized spacial score (nSPS) is 12.6. The highest BCUT2D eigenvalue weighted by Gasteiger charge is 2.14. The fourth-order valence-electron chi connectivity index (χ4n) is 2.05. The van der Waals surface area contributed by atoms with Crippen molar-refractivity contribution in [2.24, 2.45) is 7.05 Å². The highest BCUT2D eigenvalue weighted by atomic mass is 79.9. The minimum Gasteiger partial charge on any atom is -0.309 e. The van der Waals surface area contributed by atoms with Crippen molar-refractivity contribution in [1.29, 1.82) is 0 Å². The number of rotatable bonds is 5. The number of hydrogen-bond acceptors (Lipinski definition) is 2. The lowest BCUT2D eigenvalue weighted by molar-refractivity contribution is 0.527. The maximum Gasteiger partial charge on any atom is 0.137 e. The van der Waals surface area contributed by atoms with E-state index in [0.717, 1.165) is 24.2 Å². The Hall–Kier alpha value is -1.20. The number of likely N-dealkylation sites (N-methyl/N-ethyl adjacent to an activating group) is 1. The molecule has 0 radical (unpaired) electrons. The SMILES string of the molecule is CCNC(Cc1ccc(F)c(Br)c1)c1ccn(C)n1. The van der Waals surface area contributed by atoms with Crippen LogP contribution in [0.5, 0.6) is 0 Å². The number of benzene rings is 1. The molecule has 0 saturated carbocycles. The third-order valence-electron chi connectivity index (χ3n) is 2.97. The molecule has 0 bridgehead atoms. The van der Waals surface area contributed by atoms with Crippen LogP contribution in [0.2, 0.25) is 0 Å². The van der Waals surface area contributed by atoms with E-state index in [1.165, 1.54) is 6.07 Å². The summed E-state index contributed by atoms with van der Waals surface area (Å²) in [6.07, 6.45) is 2.71. The van der Waals surface area contributed by atoms with Gasteiger partial charge in [0, 0.05) is 13.2 Å². The van der Waals surface area contributed by atoms with Crippen LogP contribution in [0.15, 0.2) is 34.9 Å². The summed E-state index contributed by atoms with van der Waals surface area (Å²) < 4.78 is 15.5. The second-order valence-corrected chi connectivity index (χ2v) is 5.33. The number of hydrogen-bond donors (Lipinski definition) is 1. The molecule has 0 aliphatic carbocycles. The summed E-state index contributed by atoms with van der Waals surface area (Å²) in [6, 6.07) is 7.27. The molecular formula is C14H17BrFN3. The summed E-state index contributed by atoms with van der Waals surface area (Å²) >= 11 is 3.22. The predicted molar refractivity (Wildman–Crippen MR) is 77.4 cm³/mol. The van der Waals surface area contributed by atoms with Gasteiger partial charge >= 0.3 is 0 Å². The number of halogens is 2. The van der Waals surface area contributed by atoms with E-state index in [-0.39, 0.29) is 11.9 Å². The Morgan fingerprint density at radius 1 is 1.42 bits per heavy atom. The van der Waals surface area contributed by atoms with Gasteiger partial charge in [0.05, 0.1) is 16.2 Å². The Labute approximate surface area is 121 Å². The van der Waals surface area contributed by atoms with Gasteiger partial charge in [-0.3, -0.25) is 4.68 Å². The first kappa shape index (κ1) is 14.2. The van der Waals surface area contributed by atoms with Crippen molar-refractivity contribution in [3.8, 4) is 0 Å². The Morgan fingerprint density at radius 2 is 2.21 bits per heavy atom. The molecule has 1 heterocycles. The van der Waals surface area contributed by atoms with Gasteiger partial charge in [-0.2, -0.15) is 5.10 Å². The van der Waals surface area contributed by atoms with Crippen LogP contribution in [0.4, 0.5) is 4.39 Å². The number of aryl methyl sites for hydroxylation is 1. The fraction of sp³-hybridized carbons (Fsp3) is 0.357. The van der Waals surface area contributed by atoms with Crippen molar-refractivity contribution in [1.82, 2.24) is 15.1 Å². The lowest BCUT2D eigenvalue weighted by Gasteiger charge is -2.16. The van der Waals surface area contributed by atoms with E-state index in [1.807, 2.05) is 31.4 Å². The van der Waals surface area contributed by atoms with E-state index < -0.39 is 0 Å². The maximum absolute atomic E-state index is 13.2. The summed E-state index contributed by atoms with van der Waals surface area (Å²) in [5, 5.41) is 7.84. The molecule has 2 rings (SSSR count). The molecule has 1 atom stereocenters. The molecule has 2 aromatic rings. The van der Waals surface area contributed by atoms with Crippen molar-refractivity contribution in [2.75, 3.05) is 6.54 Å². The zero-order valence-corrected chi connectivity index (χ0v) is 12.6. The largest absolute Gasteiger partial charge is 0.309 e. The van der Waals surface area contributed by atoms with Gasteiger partial charge in [0.15, 0.2) is 0 Å². The van der Waals surface area contributed by atoms with Crippen LogP contribution in [0.1, 0.15) is 24.2 Å². The first-order valence-electron chi connectivity index (χ1n) is 6.27. The molecule has 0 aliphatic heterocycles. The van der Waals surface area contributed by atoms with Crippen molar-refractivity contribution < 1.29 is 4.39 Å². The Kier molecular flexibility index (Phi) is 4.71. The van der Waals surface area contributed by atoms with Crippen LogP contribution in [-0.2, 0) is 13.5 Å². The topological polar surface area (TPSA) is 29.9 Å². The fourth-order valence-corrected chi connectivity index (χ4v) is 2.48. The number of nitrogens with one attached hydrogen (secondary N) is 1. The minimum atomic E-state index is -0.235. The molecule has 1 unspecified atom stereocenters. The molecular weight excluding hydrogens is 309 g/mol. The van der Waals surface area contributed by atoms with Crippen LogP contribution in [0, 0.1) is 5.82 Å². The summed E-state index contributed by atoms with van der Waals surface area (Å²) in [5.41, 5.74) is 2.08. The van der Waals surface area contributed by atoms with Crippen LogP contribution < -0.4 is 5.32 Å². The monoisotopic (exact) mass is 325 g/mol. The van der Waals surface area contributed by atoms with Crippen LogP contribution in [0.25, 0.3) is 0 Å². The molecule has 1 aromatic heterocycles. The molecule has 0 spiro atoms. The molecule has 1 N–H and O–H groups in total. The smallest absolute Gasteiger partial charge is 0.137 e. The van der Waals surface area contributed by atoms with Gasteiger partial charge in [0.1, 0.15) is 5.82 Å². The second kappa shape index (κ2) is 6.30. The summed E-state index contributed by atoms with van der Waals surface area (Å²) in [4.78, 5) is 0. The molecule has 0 saturated heterocycles. The van der Waals surface area contributed by atoms with Gasteiger partial charge < -0.3 is 5.32 Å². The van der Waals surface area contributed by atoms with E-state index >= 15 is 0 Å². The van der Waals surface area contributed by atoms with E-state index in [1.54, 1.807) is 4.68 Å². The number of aromatic nitrogens is 2. The van der Waals surface area contributed by atoms with Gasteiger partial charge in [-0.25, -0.2) is 4.39 Å². The average molecular weight is 326 g/mol. The van der Waals surface area contributed by atoms with E-state index in [2.05, 4.69) is 33.3 Å². The minimum absolute atomic E-state index is 0.142. The van der Waals surface area contributed by atoms with E-state index in [9.17, 15) is 4.39 Å². The summed E-state index contributed by atoms with van der Waals surface area (Å²) in [6.45, 7) is 2.93. The first-order chi connectivity index (χ1) is 9.10. The molecule has 102 valence electrons. The molecule has 0 aliphatic rings. The zero-order valence-electron chi connectivity index (χ0n) is 11.0. The van der Waals surface area contributed by atoms with Crippen LogP contribution in [0.3, 0.4) is 0 Å². The Bertz CT molecular complexity index is 553. The van der Waals surface area contributed by atoms with Gasteiger partial charge in [-0.05, 0) is 52.7 Å². The first-order valence-corrected chi connectivity index (χ1v) is 7.06. The van der Waals surface area contributed by atoms with Crippen molar-refractivity contribution in [2.45, 2.75) is 19.4 Å². The Balaban J connectivity index is 2.18. The summed E-state index contributed by atoms with van der Waals surface area (Å²) in [5.74, 6) is -0.235. The molecule has 5 heteroatoms. The van der Waals surface area contributed by atoms with Gasteiger partial charge in [-0.1, -0.05) is 13.0 Å². The third-order valence-corrected chi connectivity index (χ3v) is 3.57. The highest BCUT2D eigenvalue weighted by molar-refractivity contribution is 9.10. The van der Waals surface area contributed by atoms with Crippen LogP contribution >= 0.6 is 15.9 Å². The van der Waals surface area contributed by atoms with Gasteiger partial charge in [0.25, 0.3) is 0 Å². The second-order valence-electron chi connectivity index (χ2n) is 4.48. The lowest BCUT2D eigenvalue weighted by atomic mass is 10.0. The molecule has 0 fully saturated rings. The zero-order chi connectivity index (χ0) is 13.8. The van der Waals surface area contributed by atoms with Crippen molar-refractivity contribution in [3.05, 3.63) is 52.0 Å². The van der Waals surface area contributed by atoms with Gasteiger partial charge in [-0.15, -0.1) is 0 Å². The maximum atomic E-state index is 13.2. The number of nitrogens with zero attached hydrogens (tertiary/aromatic N) is 2. The average Bonchev–Trinajstić information content (AvgIpc) is 2.80. The Morgan fingerprint density at radius 3 is 2.79 bits per heavy atom. The third kappa shape index (κ3) is 3.64. The standard InChI is InChI=1S/C14H17BrFN3/c1-3-17-14(13-6-7-19(2)18-13)9-10-4-5-12(16)11(15)8-10/h4-8,14,17H,3,9H2,1-2H3. The summed E-state index contributed by atoms with van der Waals surface area (Å²) in [7, 11) is 1.90. The van der Waals surface area contributed by atoms with Crippen molar-refractivity contribution in [3.63, 3.8) is 0 Å². The molecule has 0 amide bonds. The molecule has 3 nitrogen and oxygen atoms in total. The lowest BCUT2D eigenvalue weighted by Crippen LogP contribution is -2.23. The van der Waals surface area contributed by atoms with E-state index in [4.69, 9.17) is 0 Å².